The third-order valence-corrected chi connectivity index (χ3v) is 2.36. The van der Waals surface area contributed by atoms with Gasteiger partial charge in [-0.2, -0.15) is 0 Å². The van der Waals surface area contributed by atoms with Gasteiger partial charge in [0, 0.05) is 26.0 Å². The summed E-state index contributed by atoms with van der Waals surface area (Å²) < 4.78 is 6.23. The molecule has 4 heteroatoms. The van der Waals surface area contributed by atoms with Gasteiger partial charge in [0.2, 0.25) is 0 Å². The third kappa shape index (κ3) is 4.07. The maximum absolute atomic E-state index is 5.23. The average Bonchev–Trinajstić information content (AvgIpc) is 2.20. The highest BCUT2D eigenvalue weighted by Gasteiger charge is 1.97. The van der Waals surface area contributed by atoms with Crippen molar-refractivity contribution in [2.45, 2.75) is 13.3 Å². The fourth-order valence-corrected chi connectivity index (χ4v) is 1.44. The highest BCUT2D eigenvalue weighted by Crippen LogP contribution is 2.17. The van der Waals surface area contributed by atoms with Gasteiger partial charge >= 0.3 is 0 Å². The molecule has 0 amide bonds. The Morgan fingerprint density at radius 1 is 1.57 bits per heavy atom. The molecule has 1 N–H and O–H groups in total. The topological polar surface area (TPSA) is 34.1 Å². The Morgan fingerprint density at radius 3 is 3.14 bits per heavy atom. The zero-order chi connectivity index (χ0) is 10.2. The maximum atomic E-state index is 5.23. The van der Waals surface area contributed by atoms with E-state index in [2.05, 4.69) is 26.2 Å². The number of nitrogens with zero attached hydrogens (tertiary/aromatic N) is 1. The van der Waals surface area contributed by atoms with E-state index in [1.165, 1.54) is 0 Å². The van der Waals surface area contributed by atoms with Crippen LogP contribution in [0.4, 0.5) is 5.82 Å². The van der Waals surface area contributed by atoms with E-state index in [1.54, 1.807) is 6.20 Å². The van der Waals surface area contributed by atoms with Gasteiger partial charge in [0.05, 0.1) is 4.47 Å². The van der Waals surface area contributed by atoms with Crippen molar-refractivity contribution in [1.29, 1.82) is 0 Å². The van der Waals surface area contributed by atoms with Crippen LogP contribution in [0.2, 0.25) is 0 Å². The summed E-state index contributed by atoms with van der Waals surface area (Å²) in [5, 5.41) is 3.23. The molecular weight excluding hydrogens is 244 g/mol. The van der Waals surface area contributed by atoms with Crippen LogP contribution < -0.4 is 5.32 Å². The lowest BCUT2D eigenvalue weighted by Crippen LogP contribution is -2.07. The molecule has 1 aromatic rings. The first-order valence-electron chi connectivity index (χ1n) is 4.76. The van der Waals surface area contributed by atoms with E-state index in [0.29, 0.717) is 0 Å². The molecule has 3 nitrogen and oxygen atoms in total. The molecule has 0 bridgehead atoms. The number of rotatable bonds is 6. The second-order valence-corrected chi connectivity index (χ2v) is 3.67. The normalized spacial score (nSPS) is 10.1. The summed E-state index contributed by atoms with van der Waals surface area (Å²) in [6, 6.07) is 3.87. The van der Waals surface area contributed by atoms with E-state index >= 15 is 0 Å². The minimum Gasteiger partial charge on any atom is -0.382 e. The van der Waals surface area contributed by atoms with E-state index in [0.717, 1.165) is 36.5 Å². The number of halogens is 1. The fraction of sp³-hybridized carbons (Fsp3) is 0.500. The van der Waals surface area contributed by atoms with Crippen molar-refractivity contribution in [2.75, 3.05) is 25.1 Å². The zero-order valence-electron chi connectivity index (χ0n) is 8.29. The van der Waals surface area contributed by atoms with Gasteiger partial charge in [-0.1, -0.05) is 0 Å². The predicted molar refractivity (Wildman–Crippen MR) is 61.5 cm³/mol. The van der Waals surface area contributed by atoms with Crippen molar-refractivity contribution in [3.05, 3.63) is 22.8 Å². The molecule has 14 heavy (non-hydrogen) atoms. The molecule has 1 rings (SSSR count). The van der Waals surface area contributed by atoms with Crippen LogP contribution in [0.3, 0.4) is 0 Å². The Kier molecular flexibility index (Phi) is 5.56. The van der Waals surface area contributed by atoms with E-state index < -0.39 is 0 Å². The number of anilines is 1. The second-order valence-electron chi connectivity index (χ2n) is 2.81. The van der Waals surface area contributed by atoms with Crippen LogP contribution in [-0.2, 0) is 4.74 Å². The summed E-state index contributed by atoms with van der Waals surface area (Å²) in [6.45, 7) is 4.47. The van der Waals surface area contributed by atoms with Crippen molar-refractivity contribution >= 4 is 21.7 Å². The molecule has 0 radical (unpaired) electrons. The predicted octanol–water partition coefficient (Wildman–Crippen LogP) is 2.68. The van der Waals surface area contributed by atoms with E-state index in [1.807, 2.05) is 19.1 Å². The molecule has 0 saturated carbocycles. The third-order valence-electron chi connectivity index (χ3n) is 1.72. The number of aromatic nitrogens is 1. The molecule has 0 aliphatic heterocycles. The Hall–Kier alpha value is -0.610. The molecule has 1 aromatic heterocycles. The van der Waals surface area contributed by atoms with Crippen LogP contribution in [0.15, 0.2) is 22.8 Å². The molecule has 0 spiro atoms. The first-order chi connectivity index (χ1) is 6.84. The SMILES string of the molecule is CCOCCCNc1ncccc1Br. The van der Waals surface area contributed by atoms with E-state index in [9.17, 15) is 0 Å². The lowest BCUT2D eigenvalue weighted by atomic mass is 10.4. The van der Waals surface area contributed by atoms with Crippen molar-refractivity contribution in [3.8, 4) is 0 Å². The standard InChI is InChI=1S/C10H15BrN2O/c1-2-14-8-4-7-13-10-9(11)5-3-6-12-10/h3,5-6H,2,4,7-8H2,1H3,(H,12,13). The van der Waals surface area contributed by atoms with Gasteiger partial charge in [-0.25, -0.2) is 4.98 Å². The van der Waals surface area contributed by atoms with Crippen molar-refractivity contribution < 1.29 is 4.74 Å². The highest BCUT2D eigenvalue weighted by molar-refractivity contribution is 9.10. The number of ether oxygens (including phenoxy) is 1. The Bertz CT molecular complexity index is 268. The van der Waals surface area contributed by atoms with Gasteiger partial charge in [0.15, 0.2) is 0 Å². The molecule has 0 aromatic carbocycles. The summed E-state index contributed by atoms with van der Waals surface area (Å²) in [5.41, 5.74) is 0. The number of pyridine rings is 1. The van der Waals surface area contributed by atoms with Crippen LogP contribution >= 0.6 is 15.9 Å². The van der Waals surface area contributed by atoms with Crippen LogP contribution in [0.5, 0.6) is 0 Å². The van der Waals surface area contributed by atoms with Gasteiger partial charge in [0.1, 0.15) is 5.82 Å². The molecule has 0 aliphatic carbocycles. The average molecular weight is 259 g/mol. The quantitative estimate of drug-likeness (QED) is 0.797. The minimum absolute atomic E-state index is 0.785. The van der Waals surface area contributed by atoms with Crippen LogP contribution in [0.1, 0.15) is 13.3 Å². The molecule has 0 atom stereocenters. The molecule has 0 aliphatic rings. The summed E-state index contributed by atoms with van der Waals surface area (Å²) in [4.78, 5) is 4.20. The van der Waals surface area contributed by atoms with Crippen LogP contribution in [0, 0.1) is 0 Å². The number of hydrogen-bond acceptors (Lipinski definition) is 3. The van der Waals surface area contributed by atoms with E-state index in [4.69, 9.17) is 4.74 Å². The Balaban J connectivity index is 2.21. The zero-order valence-corrected chi connectivity index (χ0v) is 9.88. The Morgan fingerprint density at radius 2 is 2.43 bits per heavy atom. The smallest absolute Gasteiger partial charge is 0.140 e. The molecule has 78 valence electrons. The lowest BCUT2D eigenvalue weighted by molar-refractivity contribution is 0.147. The molecule has 1 heterocycles. The van der Waals surface area contributed by atoms with Crippen molar-refractivity contribution in [2.24, 2.45) is 0 Å². The molecule has 0 saturated heterocycles. The van der Waals surface area contributed by atoms with E-state index in [-0.39, 0.29) is 0 Å². The monoisotopic (exact) mass is 258 g/mol. The molecule has 0 unspecified atom stereocenters. The van der Waals surface area contributed by atoms with Gasteiger partial charge in [0.25, 0.3) is 0 Å². The largest absolute Gasteiger partial charge is 0.382 e. The maximum Gasteiger partial charge on any atom is 0.140 e. The summed E-state index contributed by atoms with van der Waals surface area (Å²) in [7, 11) is 0. The summed E-state index contributed by atoms with van der Waals surface area (Å²) in [6.07, 6.45) is 2.77. The van der Waals surface area contributed by atoms with Crippen LogP contribution in [0.25, 0.3) is 0 Å². The van der Waals surface area contributed by atoms with Crippen LogP contribution in [-0.4, -0.2) is 24.7 Å². The lowest BCUT2D eigenvalue weighted by Gasteiger charge is -2.06. The summed E-state index contributed by atoms with van der Waals surface area (Å²) >= 11 is 3.42. The Labute approximate surface area is 93.0 Å². The first kappa shape index (κ1) is 11.5. The van der Waals surface area contributed by atoms with Gasteiger partial charge in [-0.05, 0) is 41.4 Å². The van der Waals surface area contributed by atoms with Gasteiger partial charge < -0.3 is 10.1 Å². The van der Waals surface area contributed by atoms with Gasteiger partial charge in [-0.15, -0.1) is 0 Å². The minimum atomic E-state index is 0.785. The second kappa shape index (κ2) is 6.79. The molecule has 0 fully saturated rings. The fourth-order valence-electron chi connectivity index (χ4n) is 1.04. The van der Waals surface area contributed by atoms with Crippen molar-refractivity contribution in [3.63, 3.8) is 0 Å². The highest BCUT2D eigenvalue weighted by atomic mass is 79.9. The number of nitrogens with one attached hydrogen (secondary N) is 1. The molecular formula is C10H15BrN2O. The first-order valence-corrected chi connectivity index (χ1v) is 5.56. The van der Waals surface area contributed by atoms with Gasteiger partial charge in [-0.3, -0.25) is 0 Å². The number of hydrogen-bond donors (Lipinski definition) is 1. The summed E-state index contributed by atoms with van der Waals surface area (Å²) in [5.74, 6) is 0.893. The van der Waals surface area contributed by atoms with Crippen molar-refractivity contribution in [1.82, 2.24) is 4.98 Å².